The average Bonchev–Trinajstić information content (AvgIpc) is 2.75. The van der Waals surface area contributed by atoms with Crippen molar-refractivity contribution in [2.45, 2.75) is 6.42 Å². The van der Waals surface area contributed by atoms with Crippen molar-refractivity contribution >= 4 is 28.3 Å². The number of aromatic nitrogens is 3. The van der Waals surface area contributed by atoms with Crippen molar-refractivity contribution in [1.82, 2.24) is 15.0 Å². The van der Waals surface area contributed by atoms with Gasteiger partial charge in [0.05, 0.1) is 11.2 Å². The minimum Gasteiger partial charge on any atom is -0.370 e. The highest BCUT2D eigenvalue weighted by molar-refractivity contribution is 6.07. The molecular weight excluding hydrogens is 369 g/mol. The van der Waals surface area contributed by atoms with Gasteiger partial charge in [0.15, 0.2) is 0 Å². The number of hydrogen-bond acceptors (Lipinski definition) is 5. The van der Waals surface area contributed by atoms with Crippen LogP contribution < -0.4 is 10.6 Å². The van der Waals surface area contributed by atoms with Crippen LogP contribution in [0, 0.1) is 5.82 Å². The van der Waals surface area contributed by atoms with Crippen LogP contribution in [0.25, 0.3) is 10.9 Å². The van der Waals surface area contributed by atoms with Gasteiger partial charge in [0.2, 0.25) is 0 Å². The number of halogens is 1. The quantitative estimate of drug-likeness (QED) is 0.521. The van der Waals surface area contributed by atoms with Crippen molar-refractivity contribution in [1.29, 1.82) is 0 Å². The molecule has 29 heavy (non-hydrogen) atoms. The summed E-state index contributed by atoms with van der Waals surface area (Å²) in [5.74, 6) is -0.0963. The van der Waals surface area contributed by atoms with Crippen molar-refractivity contribution in [2.24, 2.45) is 0 Å². The second kappa shape index (κ2) is 8.43. The summed E-state index contributed by atoms with van der Waals surface area (Å²) in [6.07, 6.45) is 3.50. The second-order valence-electron chi connectivity index (χ2n) is 6.39. The largest absolute Gasteiger partial charge is 0.370 e. The molecule has 0 aliphatic rings. The van der Waals surface area contributed by atoms with E-state index < -0.39 is 0 Å². The third kappa shape index (κ3) is 4.35. The summed E-state index contributed by atoms with van der Waals surface area (Å²) in [5, 5.41) is 6.88. The van der Waals surface area contributed by atoms with Crippen molar-refractivity contribution in [3.63, 3.8) is 0 Å². The number of hydrogen-bond donors (Lipinski definition) is 2. The molecule has 2 aromatic carbocycles. The van der Waals surface area contributed by atoms with Crippen molar-refractivity contribution < 1.29 is 9.18 Å². The normalized spacial score (nSPS) is 10.7. The zero-order valence-corrected chi connectivity index (χ0v) is 15.5. The SMILES string of the molecule is O=C(Nc1cccc2cccnc12)c1cc(NCCc2ccccc2F)ncn1. The van der Waals surface area contributed by atoms with Gasteiger partial charge in [0, 0.05) is 24.2 Å². The van der Waals surface area contributed by atoms with E-state index in [0.29, 0.717) is 35.6 Å². The Balaban J connectivity index is 1.44. The average molecular weight is 387 g/mol. The molecule has 4 aromatic rings. The number of benzene rings is 2. The Morgan fingerprint density at radius 3 is 2.72 bits per heavy atom. The Labute approximate surface area is 166 Å². The number of anilines is 2. The van der Waals surface area contributed by atoms with Crippen LogP contribution in [0.4, 0.5) is 15.9 Å². The van der Waals surface area contributed by atoms with Gasteiger partial charge in [0.25, 0.3) is 5.91 Å². The van der Waals surface area contributed by atoms with Gasteiger partial charge in [-0.15, -0.1) is 0 Å². The van der Waals surface area contributed by atoms with E-state index >= 15 is 0 Å². The van der Waals surface area contributed by atoms with Crippen molar-refractivity contribution in [3.8, 4) is 0 Å². The molecule has 2 aromatic heterocycles. The first kappa shape index (κ1) is 18.5. The topological polar surface area (TPSA) is 79.8 Å². The fourth-order valence-electron chi connectivity index (χ4n) is 3.00. The molecule has 0 aliphatic heterocycles. The molecule has 0 saturated carbocycles. The maximum atomic E-state index is 13.7. The predicted molar refractivity (Wildman–Crippen MR) is 110 cm³/mol. The second-order valence-corrected chi connectivity index (χ2v) is 6.39. The third-order valence-electron chi connectivity index (χ3n) is 4.44. The van der Waals surface area contributed by atoms with Crippen LogP contribution in [0.2, 0.25) is 0 Å². The molecule has 0 atom stereocenters. The maximum Gasteiger partial charge on any atom is 0.274 e. The maximum absolute atomic E-state index is 13.7. The number of carbonyl (C=O) groups is 1. The number of carbonyl (C=O) groups excluding carboxylic acids is 1. The molecule has 0 saturated heterocycles. The lowest BCUT2D eigenvalue weighted by molar-refractivity contribution is 0.102. The molecule has 0 aliphatic carbocycles. The Morgan fingerprint density at radius 2 is 1.83 bits per heavy atom. The zero-order chi connectivity index (χ0) is 20.1. The van der Waals surface area contributed by atoms with Crippen LogP contribution in [-0.2, 0) is 6.42 Å². The summed E-state index contributed by atoms with van der Waals surface area (Å²) in [7, 11) is 0. The Hall–Kier alpha value is -3.87. The highest BCUT2D eigenvalue weighted by Gasteiger charge is 2.11. The number of rotatable bonds is 6. The standard InChI is InChI=1S/C22H18FN5O/c23-17-8-2-1-5-15(17)10-12-24-20-13-19(26-14-27-20)22(29)28-18-9-3-6-16-7-4-11-25-21(16)18/h1-9,11,13-14H,10,12H2,(H,28,29)(H,24,26,27). The van der Waals surface area contributed by atoms with E-state index in [4.69, 9.17) is 0 Å². The highest BCUT2D eigenvalue weighted by Crippen LogP contribution is 2.21. The summed E-state index contributed by atoms with van der Waals surface area (Å²) in [4.78, 5) is 25.2. The number of amides is 1. The summed E-state index contributed by atoms with van der Waals surface area (Å²) < 4.78 is 13.7. The predicted octanol–water partition coefficient (Wildman–Crippen LogP) is 4.07. The molecule has 2 N–H and O–H groups in total. The molecule has 0 spiro atoms. The number of nitrogens with zero attached hydrogens (tertiary/aromatic N) is 3. The van der Waals surface area contributed by atoms with Gasteiger partial charge in [0.1, 0.15) is 23.7 Å². The first-order valence-electron chi connectivity index (χ1n) is 9.15. The summed E-state index contributed by atoms with van der Waals surface area (Å²) in [6, 6.07) is 17.6. The Kier molecular flexibility index (Phi) is 5.38. The summed E-state index contributed by atoms with van der Waals surface area (Å²) >= 11 is 0. The van der Waals surface area contributed by atoms with E-state index in [2.05, 4.69) is 25.6 Å². The Morgan fingerprint density at radius 1 is 0.966 bits per heavy atom. The minimum absolute atomic E-state index is 0.223. The number of para-hydroxylation sites is 1. The van der Waals surface area contributed by atoms with E-state index in [-0.39, 0.29) is 17.4 Å². The van der Waals surface area contributed by atoms with E-state index in [0.717, 1.165) is 5.39 Å². The monoisotopic (exact) mass is 387 g/mol. The first-order chi connectivity index (χ1) is 14.2. The zero-order valence-electron chi connectivity index (χ0n) is 15.5. The summed E-state index contributed by atoms with van der Waals surface area (Å²) in [5.41, 5.74) is 2.17. The van der Waals surface area contributed by atoms with Crippen LogP contribution in [0.3, 0.4) is 0 Å². The van der Waals surface area contributed by atoms with E-state index in [1.165, 1.54) is 12.4 Å². The van der Waals surface area contributed by atoms with Gasteiger partial charge in [-0.05, 0) is 30.2 Å². The molecule has 144 valence electrons. The molecule has 6 nitrogen and oxygen atoms in total. The van der Waals surface area contributed by atoms with Crippen molar-refractivity contribution in [2.75, 3.05) is 17.2 Å². The first-order valence-corrected chi connectivity index (χ1v) is 9.15. The van der Waals surface area contributed by atoms with Gasteiger partial charge in [-0.25, -0.2) is 14.4 Å². The van der Waals surface area contributed by atoms with Crippen LogP contribution >= 0.6 is 0 Å². The molecular formula is C22H18FN5O. The van der Waals surface area contributed by atoms with Crippen molar-refractivity contribution in [3.05, 3.63) is 90.3 Å². The van der Waals surface area contributed by atoms with Gasteiger partial charge in [-0.3, -0.25) is 9.78 Å². The molecule has 0 radical (unpaired) electrons. The van der Waals surface area contributed by atoms with Crippen LogP contribution in [0.15, 0.2) is 73.2 Å². The van der Waals surface area contributed by atoms with Crippen LogP contribution in [0.1, 0.15) is 16.1 Å². The molecule has 1 amide bonds. The van der Waals surface area contributed by atoms with Crippen LogP contribution in [-0.4, -0.2) is 27.4 Å². The third-order valence-corrected chi connectivity index (χ3v) is 4.44. The molecule has 7 heteroatoms. The van der Waals surface area contributed by atoms with E-state index in [1.54, 1.807) is 36.5 Å². The summed E-state index contributed by atoms with van der Waals surface area (Å²) in [6.45, 7) is 0.478. The molecule has 0 unspecified atom stereocenters. The number of fused-ring (bicyclic) bond motifs is 1. The van der Waals surface area contributed by atoms with Gasteiger partial charge in [-0.2, -0.15) is 0 Å². The van der Waals surface area contributed by atoms with Crippen LogP contribution in [0.5, 0.6) is 0 Å². The molecule has 0 bridgehead atoms. The Bertz CT molecular complexity index is 1160. The molecule has 0 fully saturated rings. The number of nitrogens with one attached hydrogen (secondary N) is 2. The van der Waals surface area contributed by atoms with Gasteiger partial charge in [-0.1, -0.05) is 36.4 Å². The smallest absolute Gasteiger partial charge is 0.274 e. The van der Waals surface area contributed by atoms with E-state index in [9.17, 15) is 9.18 Å². The lowest BCUT2D eigenvalue weighted by atomic mass is 10.1. The van der Waals surface area contributed by atoms with Gasteiger partial charge < -0.3 is 10.6 Å². The molecule has 4 rings (SSSR count). The lowest BCUT2D eigenvalue weighted by Gasteiger charge is -2.09. The highest BCUT2D eigenvalue weighted by atomic mass is 19.1. The molecule has 2 heterocycles. The number of pyridine rings is 1. The fourth-order valence-corrected chi connectivity index (χ4v) is 3.00. The van der Waals surface area contributed by atoms with Gasteiger partial charge >= 0.3 is 0 Å². The lowest BCUT2D eigenvalue weighted by Crippen LogP contribution is -2.15. The fraction of sp³-hybridized carbons (Fsp3) is 0.0909. The minimum atomic E-state index is -0.359. The van der Waals surface area contributed by atoms with E-state index in [1.807, 2.05) is 24.3 Å².